The summed E-state index contributed by atoms with van der Waals surface area (Å²) < 4.78 is 16.6. The molecule has 0 bridgehead atoms. The zero-order chi connectivity index (χ0) is 36.0. The van der Waals surface area contributed by atoms with Crippen LogP contribution >= 0.6 is 0 Å². The Bertz CT molecular complexity index is 736. The Labute approximate surface area is 304 Å². The summed E-state index contributed by atoms with van der Waals surface area (Å²) in [6.07, 6.45) is 35.3. The van der Waals surface area contributed by atoms with E-state index in [4.69, 9.17) is 14.2 Å². The number of hydrogen-bond donors (Lipinski definition) is 0. The molecule has 0 radical (unpaired) electrons. The van der Waals surface area contributed by atoms with Gasteiger partial charge >= 0.3 is 17.9 Å². The number of carbonyl (C=O) groups is 3. The van der Waals surface area contributed by atoms with E-state index in [0.29, 0.717) is 19.3 Å². The summed E-state index contributed by atoms with van der Waals surface area (Å²) in [6, 6.07) is 0. The number of rotatable bonds is 38. The first-order valence-corrected chi connectivity index (χ1v) is 21.4. The van der Waals surface area contributed by atoms with Crippen LogP contribution in [0, 0.1) is 5.92 Å². The fourth-order valence-electron chi connectivity index (χ4n) is 6.27. The maximum atomic E-state index is 12.6. The number of unbranched alkanes of at least 4 members (excludes halogenated alkanes) is 25. The molecule has 0 rings (SSSR count). The second-order valence-electron chi connectivity index (χ2n) is 15.1. The van der Waals surface area contributed by atoms with E-state index in [1.54, 1.807) is 0 Å². The molecule has 0 N–H and O–H groups in total. The molecule has 0 spiro atoms. The normalized spacial score (nSPS) is 11.9. The second kappa shape index (κ2) is 37.7. The maximum Gasteiger partial charge on any atom is 0.306 e. The molecule has 0 heterocycles. The van der Waals surface area contributed by atoms with Crippen LogP contribution in [0.25, 0.3) is 0 Å². The molecule has 0 saturated heterocycles. The van der Waals surface area contributed by atoms with E-state index in [1.165, 1.54) is 128 Å². The summed E-state index contributed by atoms with van der Waals surface area (Å²) >= 11 is 0. The smallest absolute Gasteiger partial charge is 0.306 e. The van der Waals surface area contributed by atoms with E-state index in [9.17, 15) is 14.4 Å². The highest BCUT2D eigenvalue weighted by atomic mass is 16.6. The van der Waals surface area contributed by atoms with Crippen molar-refractivity contribution in [3.05, 3.63) is 0 Å². The van der Waals surface area contributed by atoms with Crippen molar-refractivity contribution >= 4 is 17.9 Å². The Kier molecular flexibility index (Phi) is 36.4. The first kappa shape index (κ1) is 47.4. The molecule has 6 nitrogen and oxygen atoms in total. The molecule has 0 aliphatic heterocycles. The summed E-state index contributed by atoms with van der Waals surface area (Å²) in [4.78, 5) is 37.4. The van der Waals surface area contributed by atoms with Crippen molar-refractivity contribution in [3.8, 4) is 0 Å². The van der Waals surface area contributed by atoms with Crippen LogP contribution in [0.1, 0.15) is 233 Å². The number of hydrogen-bond acceptors (Lipinski definition) is 6. The van der Waals surface area contributed by atoms with E-state index in [2.05, 4.69) is 27.7 Å². The van der Waals surface area contributed by atoms with E-state index >= 15 is 0 Å². The van der Waals surface area contributed by atoms with Crippen molar-refractivity contribution in [2.75, 3.05) is 13.2 Å². The van der Waals surface area contributed by atoms with E-state index < -0.39 is 6.10 Å². The summed E-state index contributed by atoms with van der Waals surface area (Å²) in [6.45, 7) is 8.89. The van der Waals surface area contributed by atoms with Gasteiger partial charge in [0.1, 0.15) is 13.2 Å². The Morgan fingerprint density at radius 1 is 0.388 bits per heavy atom. The summed E-state index contributed by atoms with van der Waals surface area (Å²) in [7, 11) is 0. The van der Waals surface area contributed by atoms with Crippen LogP contribution in [-0.2, 0) is 28.6 Å². The highest BCUT2D eigenvalue weighted by molar-refractivity contribution is 5.71. The van der Waals surface area contributed by atoms with Gasteiger partial charge in [0.05, 0.1) is 0 Å². The Morgan fingerprint density at radius 2 is 0.673 bits per heavy atom. The number of carbonyl (C=O) groups excluding carboxylic acids is 3. The van der Waals surface area contributed by atoms with Crippen molar-refractivity contribution < 1.29 is 28.6 Å². The van der Waals surface area contributed by atoms with Gasteiger partial charge in [-0.05, 0) is 25.2 Å². The van der Waals surface area contributed by atoms with Gasteiger partial charge in [-0.25, -0.2) is 0 Å². The molecule has 0 aromatic carbocycles. The molecule has 0 aliphatic rings. The van der Waals surface area contributed by atoms with Crippen LogP contribution in [0.15, 0.2) is 0 Å². The predicted octanol–water partition coefficient (Wildman–Crippen LogP) is 13.2. The van der Waals surface area contributed by atoms with Crippen LogP contribution in [0.5, 0.6) is 0 Å². The Hall–Kier alpha value is -1.59. The third kappa shape index (κ3) is 37.5. The van der Waals surface area contributed by atoms with Crippen molar-refractivity contribution in [1.29, 1.82) is 0 Å². The minimum absolute atomic E-state index is 0.0652. The van der Waals surface area contributed by atoms with Crippen LogP contribution in [0.3, 0.4) is 0 Å². The zero-order valence-electron chi connectivity index (χ0n) is 33.1. The van der Waals surface area contributed by atoms with E-state index in [-0.39, 0.29) is 31.1 Å². The van der Waals surface area contributed by atoms with Crippen LogP contribution in [0.4, 0.5) is 0 Å². The molecule has 0 aliphatic carbocycles. The molecular formula is C43H82O6. The molecule has 6 heteroatoms. The van der Waals surface area contributed by atoms with Gasteiger partial charge in [0, 0.05) is 19.3 Å². The van der Waals surface area contributed by atoms with Gasteiger partial charge in [0.25, 0.3) is 0 Å². The lowest BCUT2D eigenvalue weighted by molar-refractivity contribution is -0.167. The Morgan fingerprint density at radius 3 is 1.00 bits per heavy atom. The van der Waals surface area contributed by atoms with Crippen LogP contribution in [-0.4, -0.2) is 37.2 Å². The minimum Gasteiger partial charge on any atom is -0.462 e. The molecule has 0 unspecified atom stereocenters. The van der Waals surface area contributed by atoms with E-state index in [0.717, 1.165) is 63.7 Å². The van der Waals surface area contributed by atoms with Crippen molar-refractivity contribution in [2.45, 2.75) is 239 Å². The molecular weight excluding hydrogens is 612 g/mol. The fourth-order valence-corrected chi connectivity index (χ4v) is 6.27. The standard InChI is InChI=1S/C43H82O6/c1-5-7-9-11-13-14-15-16-17-18-19-23-27-31-35-42(45)48-38-40(37-47-41(44)34-30-26-21-12-10-8-6-2)49-43(46)36-32-28-24-20-22-25-29-33-39(3)4/h39-40H,5-38H2,1-4H3/t40-/m0/s1. The van der Waals surface area contributed by atoms with Crippen molar-refractivity contribution in [3.63, 3.8) is 0 Å². The Balaban J connectivity index is 4.27. The van der Waals surface area contributed by atoms with Crippen molar-refractivity contribution in [1.82, 2.24) is 0 Å². The minimum atomic E-state index is -0.758. The van der Waals surface area contributed by atoms with Gasteiger partial charge in [-0.1, -0.05) is 195 Å². The number of esters is 3. The highest BCUT2D eigenvalue weighted by Crippen LogP contribution is 2.15. The van der Waals surface area contributed by atoms with E-state index in [1.807, 2.05) is 0 Å². The van der Waals surface area contributed by atoms with Gasteiger partial charge in [0.2, 0.25) is 0 Å². The maximum absolute atomic E-state index is 12.6. The monoisotopic (exact) mass is 695 g/mol. The van der Waals surface area contributed by atoms with Crippen LogP contribution < -0.4 is 0 Å². The first-order chi connectivity index (χ1) is 23.9. The SMILES string of the molecule is CCCCCCCCCCCCCCCCC(=O)OC[C@H](COC(=O)CCCCCCCCC)OC(=O)CCCCCCCCCC(C)C. The summed E-state index contributed by atoms with van der Waals surface area (Å²) in [5.74, 6) is -0.0893. The molecule has 1 atom stereocenters. The summed E-state index contributed by atoms with van der Waals surface area (Å²) in [5, 5.41) is 0. The molecule has 0 saturated carbocycles. The molecule has 0 aromatic heterocycles. The second-order valence-corrected chi connectivity index (χ2v) is 15.1. The van der Waals surface area contributed by atoms with Gasteiger partial charge in [-0.3, -0.25) is 14.4 Å². The molecule has 49 heavy (non-hydrogen) atoms. The average molecular weight is 695 g/mol. The van der Waals surface area contributed by atoms with Crippen LogP contribution in [0.2, 0.25) is 0 Å². The number of ether oxygens (including phenoxy) is 3. The topological polar surface area (TPSA) is 78.9 Å². The summed E-state index contributed by atoms with van der Waals surface area (Å²) in [5.41, 5.74) is 0. The largest absolute Gasteiger partial charge is 0.462 e. The van der Waals surface area contributed by atoms with Gasteiger partial charge in [0.15, 0.2) is 6.10 Å². The lowest BCUT2D eigenvalue weighted by atomic mass is 10.0. The zero-order valence-corrected chi connectivity index (χ0v) is 33.1. The fraction of sp³-hybridized carbons (Fsp3) is 0.930. The van der Waals surface area contributed by atoms with Gasteiger partial charge < -0.3 is 14.2 Å². The average Bonchev–Trinajstić information content (AvgIpc) is 3.08. The molecule has 290 valence electrons. The van der Waals surface area contributed by atoms with Gasteiger partial charge in [-0.15, -0.1) is 0 Å². The first-order valence-electron chi connectivity index (χ1n) is 21.4. The lowest BCUT2D eigenvalue weighted by Gasteiger charge is -2.18. The highest BCUT2D eigenvalue weighted by Gasteiger charge is 2.19. The van der Waals surface area contributed by atoms with Crippen molar-refractivity contribution in [2.24, 2.45) is 5.92 Å². The molecule has 0 aromatic rings. The molecule has 0 fully saturated rings. The third-order valence-electron chi connectivity index (χ3n) is 9.54. The predicted molar refractivity (Wildman–Crippen MR) is 206 cm³/mol. The molecule has 0 amide bonds. The third-order valence-corrected chi connectivity index (χ3v) is 9.54. The lowest BCUT2D eigenvalue weighted by Crippen LogP contribution is -2.30. The van der Waals surface area contributed by atoms with Gasteiger partial charge in [-0.2, -0.15) is 0 Å². The quantitative estimate of drug-likeness (QED) is 0.0364.